The maximum atomic E-state index is 13.2. The van der Waals surface area contributed by atoms with Crippen molar-refractivity contribution in [2.75, 3.05) is 0 Å². The summed E-state index contributed by atoms with van der Waals surface area (Å²) >= 11 is 12.8. The fraction of sp³-hybridized carbons (Fsp3) is 0.522. The highest BCUT2D eigenvalue weighted by molar-refractivity contribution is 6.42. The molecule has 5 nitrogen and oxygen atoms in total. The molecule has 1 aromatic carbocycles. The third kappa shape index (κ3) is 5.64. The maximum Gasteiger partial charge on any atom is 0.337 e. The lowest BCUT2D eigenvalue weighted by molar-refractivity contribution is -0.158. The molecule has 0 aromatic heterocycles. The lowest BCUT2D eigenvalue weighted by atomic mass is 9.75. The van der Waals surface area contributed by atoms with Gasteiger partial charge in [0, 0.05) is 17.3 Å². The van der Waals surface area contributed by atoms with Gasteiger partial charge in [-0.15, -0.1) is 0 Å². The molecule has 0 bridgehead atoms. The Balaban J connectivity index is 2.71. The van der Waals surface area contributed by atoms with E-state index in [1.54, 1.807) is 73.6 Å². The standard InChI is InChI=1S/C23H29Cl2NO4/c1-12-16(20(27)29-22(3,4)5)18(14-10-9-11-15(24)19(14)25)17(13(2)26-12)21(28)30-23(6,7)8/h9-11,16,18H,1-8H3. The number of hydrogen-bond acceptors (Lipinski definition) is 5. The van der Waals surface area contributed by atoms with E-state index in [1.807, 2.05) is 0 Å². The van der Waals surface area contributed by atoms with Gasteiger partial charge in [-0.1, -0.05) is 35.3 Å². The highest BCUT2D eigenvalue weighted by Gasteiger charge is 2.44. The highest BCUT2D eigenvalue weighted by Crippen LogP contribution is 2.44. The van der Waals surface area contributed by atoms with Gasteiger partial charge in [0.1, 0.15) is 17.1 Å². The van der Waals surface area contributed by atoms with Crippen LogP contribution in [0.3, 0.4) is 0 Å². The number of nitrogens with zero attached hydrogens (tertiary/aromatic N) is 1. The van der Waals surface area contributed by atoms with Crippen LogP contribution in [-0.2, 0) is 19.1 Å². The zero-order valence-corrected chi connectivity index (χ0v) is 20.2. The van der Waals surface area contributed by atoms with Crippen LogP contribution in [0.1, 0.15) is 66.9 Å². The molecule has 2 atom stereocenters. The number of hydrogen-bond donors (Lipinski definition) is 0. The zero-order valence-electron chi connectivity index (χ0n) is 18.7. The Hall–Kier alpha value is -1.85. The van der Waals surface area contributed by atoms with Crippen LogP contribution in [0.25, 0.3) is 0 Å². The Labute approximate surface area is 188 Å². The Morgan fingerprint density at radius 1 is 0.967 bits per heavy atom. The Kier molecular flexibility index (Phi) is 7.10. The Morgan fingerprint density at radius 3 is 2.07 bits per heavy atom. The van der Waals surface area contributed by atoms with E-state index in [4.69, 9.17) is 32.7 Å². The molecular weight excluding hydrogens is 425 g/mol. The second kappa shape index (κ2) is 8.72. The Morgan fingerprint density at radius 2 is 1.53 bits per heavy atom. The van der Waals surface area contributed by atoms with Gasteiger partial charge in [0.25, 0.3) is 0 Å². The summed E-state index contributed by atoms with van der Waals surface area (Å²) in [6.45, 7) is 14.2. The quantitative estimate of drug-likeness (QED) is 0.516. The second-order valence-electron chi connectivity index (χ2n) is 9.39. The third-order valence-electron chi connectivity index (χ3n) is 4.42. The molecule has 0 spiro atoms. The number of halogens is 2. The summed E-state index contributed by atoms with van der Waals surface area (Å²) in [6.07, 6.45) is 0. The zero-order chi connectivity index (χ0) is 23.0. The van der Waals surface area contributed by atoms with E-state index >= 15 is 0 Å². The smallest absolute Gasteiger partial charge is 0.337 e. The average Bonchev–Trinajstić information content (AvgIpc) is 2.53. The molecule has 30 heavy (non-hydrogen) atoms. The van der Waals surface area contributed by atoms with Crippen molar-refractivity contribution in [2.45, 2.75) is 72.5 Å². The molecule has 0 radical (unpaired) electrons. The number of allylic oxidation sites excluding steroid dienone is 1. The van der Waals surface area contributed by atoms with Crippen LogP contribution in [0.4, 0.5) is 0 Å². The predicted octanol–water partition coefficient (Wildman–Crippen LogP) is 6.13. The molecule has 164 valence electrons. The fourth-order valence-corrected chi connectivity index (χ4v) is 3.83. The van der Waals surface area contributed by atoms with Gasteiger partial charge in [-0.25, -0.2) is 4.79 Å². The molecule has 0 saturated carbocycles. The summed E-state index contributed by atoms with van der Waals surface area (Å²) in [4.78, 5) is 30.9. The number of rotatable bonds is 3. The summed E-state index contributed by atoms with van der Waals surface area (Å²) in [5.74, 6) is -2.62. The average molecular weight is 454 g/mol. The van der Waals surface area contributed by atoms with Crippen molar-refractivity contribution in [1.82, 2.24) is 0 Å². The SMILES string of the molecule is CC1=NC(C)=C(C(=O)OC(C)(C)C)C(c2cccc(Cl)c2Cl)C1C(=O)OC(C)(C)C. The van der Waals surface area contributed by atoms with E-state index in [0.717, 1.165) is 0 Å². The molecule has 2 unspecified atom stereocenters. The van der Waals surface area contributed by atoms with Crippen LogP contribution in [0.2, 0.25) is 10.0 Å². The maximum absolute atomic E-state index is 13.2. The number of aliphatic imine (C=N–C) groups is 1. The minimum absolute atomic E-state index is 0.274. The molecule has 1 aliphatic heterocycles. The second-order valence-corrected chi connectivity index (χ2v) is 10.2. The number of carbonyl (C=O) groups is 2. The summed E-state index contributed by atoms with van der Waals surface area (Å²) in [7, 11) is 0. The molecule has 0 N–H and O–H groups in total. The summed E-state index contributed by atoms with van der Waals surface area (Å²) in [5, 5.41) is 0.611. The van der Waals surface area contributed by atoms with Gasteiger partial charge in [0.15, 0.2) is 0 Å². The highest BCUT2D eigenvalue weighted by atomic mass is 35.5. The molecular formula is C23H29Cl2NO4. The van der Waals surface area contributed by atoms with Crippen LogP contribution in [0, 0.1) is 5.92 Å². The van der Waals surface area contributed by atoms with E-state index in [9.17, 15) is 9.59 Å². The number of esters is 2. The minimum atomic E-state index is -0.841. The molecule has 1 aromatic rings. The van der Waals surface area contributed by atoms with Crippen molar-refractivity contribution in [2.24, 2.45) is 10.9 Å². The lowest BCUT2D eigenvalue weighted by Gasteiger charge is -2.34. The van der Waals surface area contributed by atoms with Crippen molar-refractivity contribution in [3.8, 4) is 0 Å². The normalized spacial score (nSPS) is 20.0. The topological polar surface area (TPSA) is 65.0 Å². The molecule has 0 aliphatic carbocycles. The number of carbonyl (C=O) groups excluding carboxylic acids is 2. The van der Waals surface area contributed by atoms with Gasteiger partial charge in [-0.3, -0.25) is 9.79 Å². The van der Waals surface area contributed by atoms with E-state index in [0.29, 0.717) is 22.0 Å². The van der Waals surface area contributed by atoms with Crippen LogP contribution >= 0.6 is 23.2 Å². The monoisotopic (exact) mass is 453 g/mol. The molecule has 1 aliphatic rings. The molecule has 2 rings (SSSR count). The molecule has 0 saturated heterocycles. The van der Waals surface area contributed by atoms with Crippen LogP contribution < -0.4 is 0 Å². The van der Waals surface area contributed by atoms with E-state index in [2.05, 4.69) is 4.99 Å². The molecule has 1 heterocycles. The summed E-state index contributed by atoms with van der Waals surface area (Å²) in [6, 6.07) is 5.15. The van der Waals surface area contributed by atoms with E-state index in [-0.39, 0.29) is 10.6 Å². The van der Waals surface area contributed by atoms with Crippen LogP contribution in [0.5, 0.6) is 0 Å². The first-order valence-electron chi connectivity index (χ1n) is 9.78. The van der Waals surface area contributed by atoms with Crippen LogP contribution in [-0.4, -0.2) is 28.9 Å². The third-order valence-corrected chi connectivity index (χ3v) is 5.26. The van der Waals surface area contributed by atoms with Gasteiger partial charge in [0.2, 0.25) is 0 Å². The predicted molar refractivity (Wildman–Crippen MR) is 120 cm³/mol. The van der Waals surface area contributed by atoms with Gasteiger partial charge in [0.05, 0.1) is 15.6 Å². The summed E-state index contributed by atoms with van der Waals surface area (Å²) < 4.78 is 11.3. The van der Waals surface area contributed by atoms with Gasteiger partial charge < -0.3 is 9.47 Å². The minimum Gasteiger partial charge on any atom is -0.459 e. The summed E-state index contributed by atoms with van der Waals surface area (Å²) in [5.41, 5.74) is 0.412. The van der Waals surface area contributed by atoms with Gasteiger partial charge in [-0.05, 0) is 67.0 Å². The largest absolute Gasteiger partial charge is 0.459 e. The first kappa shape index (κ1) is 24.4. The van der Waals surface area contributed by atoms with E-state index in [1.165, 1.54) is 0 Å². The number of ether oxygens (including phenoxy) is 2. The van der Waals surface area contributed by atoms with Gasteiger partial charge in [-0.2, -0.15) is 0 Å². The Bertz CT molecular complexity index is 920. The van der Waals surface area contributed by atoms with Crippen molar-refractivity contribution < 1.29 is 19.1 Å². The first-order valence-corrected chi connectivity index (χ1v) is 10.5. The lowest BCUT2D eigenvalue weighted by Crippen LogP contribution is -2.40. The van der Waals surface area contributed by atoms with Crippen molar-refractivity contribution in [3.63, 3.8) is 0 Å². The fourth-order valence-electron chi connectivity index (χ4n) is 3.40. The van der Waals surface area contributed by atoms with Gasteiger partial charge >= 0.3 is 11.9 Å². The van der Waals surface area contributed by atoms with Crippen molar-refractivity contribution >= 4 is 40.9 Å². The van der Waals surface area contributed by atoms with Crippen molar-refractivity contribution in [1.29, 1.82) is 0 Å². The molecule has 0 amide bonds. The van der Waals surface area contributed by atoms with Crippen LogP contribution in [0.15, 0.2) is 34.5 Å². The molecule has 0 fully saturated rings. The van der Waals surface area contributed by atoms with E-state index < -0.39 is 35.0 Å². The van der Waals surface area contributed by atoms with Crippen molar-refractivity contribution in [3.05, 3.63) is 45.1 Å². The number of benzene rings is 1. The molecule has 7 heteroatoms. The first-order chi connectivity index (χ1) is 13.6.